The van der Waals surface area contributed by atoms with Crippen LogP contribution in [0.3, 0.4) is 0 Å². The number of rotatable bonds is 2. The Bertz CT molecular complexity index is 613. The highest BCUT2D eigenvalue weighted by atomic mass is 127. The highest BCUT2D eigenvalue weighted by Gasteiger charge is 2.09. The monoisotopic (exact) mass is 362 g/mol. The predicted octanol–water partition coefficient (Wildman–Crippen LogP) is 3.13. The zero-order valence-corrected chi connectivity index (χ0v) is 11.7. The molecule has 88 valence electrons. The largest absolute Gasteiger partial charge is 0.437 e. The van der Waals surface area contributed by atoms with Gasteiger partial charge in [-0.15, -0.1) is 0 Å². The van der Waals surface area contributed by atoms with Gasteiger partial charge in [-0.05, 0) is 47.2 Å². The third-order valence-corrected chi connectivity index (χ3v) is 3.31. The fourth-order valence-electron chi connectivity index (χ4n) is 1.23. The van der Waals surface area contributed by atoms with E-state index in [1.807, 2.05) is 35.6 Å². The maximum atomic E-state index is 11.4. The van der Waals surface area contributed by atoms with E-state index in [1.54, 1.807) is 12.1 Å². The van der Waals surface area contributed by atoms with Crippen molar-refractivity contribution in [1.29, 1.82) is 0 Å². The van der Waals surface area contributed by atoms with Gasteiger partial charge in [-0.25, -0.2) is 4.98 Å². The van der Waals surface area contributed by atoms with Crippen LogP contribution in [0.15, 0.2) is 29.3 Å². The van der Waals surface area contributed by atoms with E-state index >= 15 is 0 Å². The van der Waals surface area contributed by atoms with Crippen molar-refractivity contribution in [1.82, 2.24) is 9.97 Å². The summed E-state index contributed by atoms with van der Waals surface area (Å²) in [7, 11) is 0. The average molecular weight is 363 g/mol. The van der Waals surface area contributed by atoms with Crippen LogP contribution in [0.4, 0.5) is 0 Å². The lowest BCUT2D eigenvalue weighted by molar-refractivity contribution is 0.453. The molecule has 0 bridgehead atoms. The van der Waals surface area contributed by atoms with Crippen LogP contribution < -0.4 is 10.3 Å². The van der Waals surface area contributed by atoms with E-state index in [9.17, 15) is 4.79 Å². The molecular weight excluding hydrogens is 354 g/mol. The normalized spacial score (nSPS) is 10.3. The summed E-state index contributed by atoms with van der Waals surface area (Å²) < 4.78 is 5.99. The van der Waals surface area contributed by atoms with Crippen molar-refractivity contribution in [2.24, 2.45) is 0 Å². The molecule has 0 aliphatic carbocycles. The maximum absolute atomic E-state index is 11.4. The second-order valence-corrected chi connectivity index (χ2v) is 4.88. The number of aryl methyl sites for hydroxylation is 1. The van der Waals surface area contributed by atoms with Crippen LogP contribution in [0.2, 0.25) is 5.02 Å². The van der Waals surface area contributed by atoms with Crippen LogP contribution in [0.5, 0.6) is 11.6 Å². The number of ether oxygens (including phenoxy) is 1. The van der Waals surface area contributed by atoms with E-state index < -0.39 is 0 Å². The lowest BCUT2D eigenvalue weighted by Crippen LogP contribution is -2.11. The molecule has 0 aliphatic rings. The summed E-state index contributed by atoms with van der Waals surface area (Å²) in [6.07, 6.45) is 1.31. The summed E-state index contributed by atoms with van der Waals surface area (Å²) in [6, 6.07) is 5.31. The third kappa shape index (κ3) is 2.78. The minimum absolute atomic E-state index is 0.227. The molecule has 4 nitrogen and oxygen atoms in total. The van der Waals surface area contributed by atoms with Crippen molar-refractivity contribution >= 4 is 34.2 Å². The lowest BCUT2D eigenvalue weighted by atomic mass is 10.2. The Kier molecular flexibility index (Phi) is 3.68. The number of aromatic amines is 1. The minimum atomic E-state index is -0.227. The fourth-order valence-corrected chi connectivity index (χ4v) is 1.79. The maximum Gasteiger partial charge on any atom is 0.268 e. The SMILES string of the molecule is Cc1ccc(Cl)cc1Oc1nc[nH]c(=O)c1I. The van der Waals surface area contributed by atoms with Crippen molar-refractivity contribution in [2.45, 2.75) is 6.92 Å². The van der Waals surface area contributed by atoms with Crippen LogP contribution in [0.25, 0.3) is 0 Å². The number of nitrogens with zero attached hydrogens (tertiary/aromatic N) is 1. The molecule has 2 aromatic rings. The van der Waals surface area contributed by atoms with Crippen LogP contribution in [-0.2, 0) is 0 Å². The van der Waals surface area contributed by atoms with Crippen molar-refractivity contribution in [2.75, 3.05) is 0 Å². The summed E-state index contributed by atoms with van der Waals surface area (Å²) in [4.78, 5) is 17.8. The number of hydrogen-bond donors (Lipinski definition) is 1. The van der Waals surface area contributed by atoms with Gasteiger partial charge in [0.25, 0.3) is 5.56 Å². The van der Waals surface area contributed by atoms with Crippen molar-refractivity contribution in [3.63, 3.8) is 0 Å². The summed E-state index contributed by atoms with van der Waals surface area (Å²) in [5, 5.41) is 0.574. The quantitative estimate of drug-likeness (QED) is 0.835. The standard InChI is InChI=1S/C11H8ClIN2O2/c1-6-2-3-7(12)4-8(6)17-11-9(13)10(16)14-5-15-11/h2-5H,1H3,(H,14,15,16). The number of halogens is 2. The molecule has 1 aromatic heterocycles. The van der Waals surface area contributed by atoms with Gasteiger partial charge in [0.1, 0.15) is 9.32 Å². The topological polar surface area (TPSA) is 55.0 Å². The van der Waals surface area contributed by atoms with Crippen molar-refractivity contribution in [3.8, 4) is 11.6 Å². The molecule has 1 aromatic carbocycles. The number of hydrogen-bond acceptors (Lipinski definition) is 3. The summed E-state index contributed by atoms with van der Waals surface area (Å²) in [6.45, 7) is 1.89. The van der Waals surface area contributed by atoms with Crippen LogP contribution >= 0.6 is 34.2 Å². The molecule has 0 atom stereocenters. The van der Waals surface area contributed by atoms with Gasteiger partial charge in [0.15, 0.2) is 0 Å². The van der Waals surface area contributed by atoms with E-state index in [2.05, 4.69) is 9.97 Å². The minimum Gasteiger partial charge on any atom is -0.437 e. The zero-order chi connectivity index (χ0) is 12.4. The van der Waals surface area contributed by atoms with Crippen LogP contribution in [-0.4, -0.2) is 9.97 Å². The molecule has 2 rings (SSSR count). The van der Waals surface area contributed by atoms with Gasteiger partial charge in [0.05, 0.1) is 6.33 Å². The molecule has 0 amide bonds. The average Bonchev–Trinajstić information content (AvgIpc) is 2.30. The second-order valence-electron chi connectivity index (χ2n) is 3.36. The van der Waals surface area contributed by atoms with E-state index in [1.165, 1.54) is 6.33 Å². The molecule has 6 heteroatoms. The van der Waals surface area contributed by atoms with Gasteiger partial charge in [-0.1, -0.05) is 17.7 Å². The zero-order valence-electron chi connectivity index (χ0n) is 8.83. The van der Waals surface area contributed by atoms with Gasteiger partial charge in [-0.3, -0.25) is 4.79 Å². The first-order valence-corrected chi connectivity index (χ1v) is 6.21. The van der Waals surface area contributed by atoms with E-state index in [-0.39, 0.29) is 11.4 Å². The lowest BCUT2D eigenvalue weighted by Gasteiger charge is -2.08. The molecule has 0 fully saturated rings. The Morgan fingerprint density at radius 2 is 2.24 bits per heavy atom. The number of nitrogens with one attached hydrogen (secondary N) is 1. The predicted molar refractivity (Wildman–Crippen MR) is 73.8 cm³/mol. The Hall–Kier alpha value is -1.08. The van der Waals surface area contributed by atoms with Gasteiger partial charge in [0.2, 0.25) is 5.88 Å². The molecule has 17 heavy (non-hydrogen) atoms. The van der Waals surface area contributed by atoms with Gasteiger partial charge in [-0.2, -0.15) is 0 Å². The van der Waals surface area contributed by atoms with Crippen molar-refractivity contribution in [3.05, 3.63) is 49.0 Å². The second kappa shape index (κ2) is 5.05. The van der Waals surface area contributed by atoms with E-state index in [4.69, 9.17) is 16.3 Å². The molecule has 0 radical (unpaired) electrons. The number of benzene rings is 1. The Labute approximate surface area is 116 Å². The number of H-pyrrole nitrogens is 1. The molecule has 1 heterocycles. The highest BCUT2D eigenvalue weighted by Crippen LogP contribution is 2.27. The summed E-state index contributed by atoms with van der Waals surface area (Å²) in [5.74, 6) is 0.869. The molecule has 0 aliphatic heterocycles. The van der Waals surface area contributed by atoms with Crippen molar-refractivity contribution < 1.29 is 4.74 Å². The van der Waals surface area contributed by atoms with E-state index in [0.29, 0.717) is 14.3 Å². The van der Waals surface area contributed by atoms with Gasteiger partial charge in [0, 0.05) is 5.02 Å². The Balaban J connectivity index is 2.41. The molecule has 0 saturated carbocycles. The van der Waals surface area contributed by atoms with E-state index in [0.717, 1.165) is 5.56 Å². The highest BCUT2D eigenvalue weighted by molar-refractivity contribution is 14.1. The number of aromatic nitrogens is 2. The molecule has 1 N–H and O–H groups in total. The van der Waals surface area contributed by atoms with Crippen LogP contribution in [0, 0.1) is 10.5 Å². The first kappa shape index (κ1) is 12.4. The molecular formula is C11H8ClIN2O2. The first-order valence-electron chi connectivity index (χ1n) is 4.75. The van der Waals surface area contributed by atoms with Crippen LogP contribution in [0.1, 0.15) is 5.56 Å². The summed E-state index contributed by atoms with van der Waals surface area (Å²) in [5.41, 5.74) is 0.697. The molecule has 0 spiro atoms. The molecule has 0 saturated heterocycles. The fraction of sp³-hybridized carbons (Fsp3) is 0.0909. The first-order chi connectivity index (χ1) is 8.08. The Morgan fingerprint density at radius 3 is 3.00 bits per heavy atom. The Morgan fingerprint density at radius 1 is 1.47 bits per heavy atom. The molecule has 0 unspecified atom stereocenters. The van der Waals surface area contributed by atoms with Gasteiger partial charge < -0.3 is 9.72 Å². The third-order valence-electron chi connectivity index (χ3n) is 2.12. The smallest absolute Gasteiger partial charge is 0.268 e. The summed E-state index contributed by atoms with van der Waals surface area (Å²) >= 11 is 7.77. The van der Waals surface area contributed by atoms with Gasteiger partial charge >= 0.3 is 0 Å².